The van der Waals surface area contributed by atoms with E-state index in [-0.39, 0.29) is 5.78 Å². The predicted molar refractivity (Wildman–Crippen MR) is 87.7 cm³/mol. The number of hydrogen-bond acceptors (Lipinski definition) is 2. The molecule has 2 aromatic rings. The van der Waals surface area contributed by atoms with Gasteiger partial charge in [0.1, 0.15) is 5.76 Å². The molecule has 1 heterocycles. The topological polar surface area (TPSA) is 30.2 Å². The van der Waals surface area contributed by atoms with E-state index in [1.165, 1.54) is 0 Å². The molecule has 3 rings (SSSR count). The van der Waals surface area contributed by atoms with Crippen molar-refractivity contribution in [1.29, 1.82) is 0 Å². The van der Waals surface area contributed by atoms with Crippen LogP contribution < -0.4 is 0 Å². The first-order valence-electron chi connectivity index (χ1n) is 6.97. The summed E-state index contributed by atoms with van der Waals surface area (Å²) < 4.78 is 6.34. The van der Waals surface area contributed by atoms with Gasteiger partial charge in [-0.2, -0.15) is 0 Å². The standard InChI is InChI=1S/C18H15BrO2/c19-16-8-6-13(7-9-16)11-14-3-1-4-15(18(14)20)12-17-5-2-10-21-17/h2,5-12H,1,3-4H2/b14-11-,15-12+. The number of benzene rings is 1. The summed E-state index contributed by atoms with van der Waals surface area (Å²) in [5.41, 5.74) is 2.77. The summed E-state index contributed by atoms with van der Waals surface area (Å²) >= 11 is 3.42. The lowest BCUT2D eigenvalue weighted by Gasteiger charge is -2.16. The zero-order valence-electron chi connectivity index (χ0n) is 11.5. The molecule has 0 N–H and O–H groups in total. The lowest BCUT2D eigenvalue weighted by molar-refractivity contribution is -0.112. The Bertz CT molecular complexity index is 691. The highest BCUT2D eigenvalue weighted by Gasteiger charge is 2.20. The molecule has 3 heteroatoms. The lowest BCUT2D eigenvalue weighted by Crippen LogP contribution is -2.12. The minimum atomic E-state index is 0.139. The van der Waals surface area contributed by atoms with Gasteiger partial charge < -0.3 is 4.42 Å². The van der Waals surface area contributed by atoms with Crippen LogP contribution in [0.1, 0.15) is 30.6 Å². The Morgan fingerprint density at radius 2 is 1.71 bits per heavy atom. The van der Waals surface area contributed by atoms with Crippen LogP contribution in [0.5, 0.6) is 0 Å². The highest BCUT2D eigenvalue weighted by atomic mass is 79.9. The molecular formula is C18H15BrO2. The number of furan rings is 1. The van der Waals surface area contributed by atoms with Gasteiger partial charge in [0.05, 0.1) is 6.26 Å². The van der Waals surface area contributed by atoms with Gasteiger partial charge in [-0.05, 0) is 61.2 Å². The molecule has 1 aliphatic rings. The third-order valence-corrected chi connectivity index (χ3v) is 4.07. The fourth-order valence-corrected chi connectivity index (χ4v) is 2.75. The van der Waals surface area contributed by atoms with Crippen LogP contribution >= 0.6 is 15.9 Å². The van der Waals surface area contributed by atoms with E-state index in [4.69, 9.17) is 4.42 Å². The van der Waals surface area contributed by atoms with E-state index < -0.39 is 0 Å². The lowest BCUT2D eigenvalue weighted by atomic mass is 9.87. The van der Waals surface area contributed by atoms with Crippen molar-refractivity contribution in [2.45, 2.75) is 19.3 Å². The first kappa shape index (κ1) is 14.1. The molecule has 0 unspecified atom stereocenters. The van der Waals surface area contributed by atoms with Crippen molar-refractivity contribution in [3.63, 3.8) is 0 Å². The van der Waals surface area contributed by atoms with Crippen molar-refractivity contribution in [1.82, 2.24) is 0 Å². The molecule has 0 bridgehead atoms. The van der Waals surface area contributed by atoms with Gasteiger partial charge in [-0.25, -0.2) is 0 Å². The molecule has 21 heavy (non-hydrogen) atoms. The third-order valence-electron chi connectivity index (χ3n) is 3.55. The molecule has 0 spiro atoms. The molecule has 1 fully saturated rings. The van der Waals surface area contributed by atoms with Crippen LogP contribution in [0.3, 0.4) is 0 Å². The number of carbonyl (C=O) groups is 1. The summed E-state index contributed by atoms with van der Waals surface area (Å²) in [6.45, 7) is 0. The van der Waals surface area contributed by atoms with Gasteiger partial charge in [0.2, 0.25) is 0 Å². The van der Waals surface area contributed by atoms with Gasteiger partial charge in [-0.1, -0.05) is 28.1 Å². The van der Waals surface area contributed by atoms with Crippen LogP contribution in [0.4, 0.5) is 0 Å². The fraction of sp³-hybridized carbons (Fsp3) is 0.167. The molecule has 0 atom stereocenters. The summed E-state index contributed by atoms with van der Waals surface area (Å²) in [6, 6.07) is 11.7. The summed E-state index contributed by atoms with van der Waals surface area (Å²) in [5, 5.41) is 0. The van der Waals surface area contributed by atoms with E-state index in [0.717, 1.165) is 46.2 Å². The highest BCUT2D eigenvalue weighted by Crippen LogP contribution is 2.28. The number of Topliss-reactive ketones (excluding diaryl/α,β-unsaturated/α-hetero) is 1. The van der Waals surface area contributed by atoms with Gasteiger partial charge in [-0.15, -0.1) is 0 Å². The zero-order valence-corrected chi connectivity index (χ0v) is 13.1. The molecule has 0 radical (unpaired) electrons. The summed E-state index contributed by atoms with van der Waals surface area (Å²) in [5.74, 6) is 0.879. The average molecular weight is 343 g/mol. The Labute approximate surface area is 132 Å². The molecule has 1 aromatic heterocycles. The summed E-state index contributed by atoms with van der Waals surface area (Å²) in [7, 11) is 0. The first-order valence-corrected chi connectivity index (χ1v) is 7.76. The summed E-state index contributed by atoms with van der Waals surface area (Å²) in [4.78, 5) is 12.5. The van der Waals surface area contributed by atoms with Crippen LogP contribution in [0.2, 0.25) is 0 Å². The quantitative estimate of drug-likeness (QED) is 0.696. The second-order valence-electron chi connectivity index (χ2n) is 5.09. The number of ketones is 1. The van der Waals surface area contributed by atoms with E-state index in [0.29, 0.717) is 0 Å². The first-order chi connectivity index (χ1) is 10.2. The van der Waals surface area contributed by atoms with Crippen LogP contribution in [-0.2, 0) is 4.79 Å². The number of hydrogen-bond donors (Lipinski definition) is 0. The highest BCUT2D eigenvalue weighted by molar-refractivity contribution is 9.10. The molecular weight excluding hydrogens is 328 g/mol. The van der Waals surface area contributed by atoms with Gasteiger partial charge in [0.15, 0.2) is 5.78 Å². The molecule has 1 saturated carbocycles. The van der Waals surface area contributed by atoms with Gasteiger partial charge in [0, 0.05) is 15.6 Å². The van der Waals surface area contributed by atoms with Crippen LogP contribution in [-0.4, -0.2) is 5.78 Å². The van der Waals surface area contributed by atoms with Gasteiger partial charge >= 0.3 is 0 Å². The van der Waals surface area contributed by atoms with Crippen molar-refractivity contribution in [3.05, 3.63) is 69.6 Å². The third kappa shape index (κ3) is 3.42. The Morgan fingerprint density at radius 3 is 2.38 bits per heavy atom. The Hall–Kier alpha value is -1.87. The van der Waals surface area contributed by atoms with Crippen molar-refractivity contribution in [2.24, 2.45) is 0 Å². The Kier molecular flexibility index (Phi) is 4.20. The van der Waals surface area contributed by atoms with Crippen molar-refractivity contribution in [2.75, 3.05) is 0 Å². The average Bonchev–Trinajstić information content (AvgIpc) is 2.99. The molecule has 2 nitrogen and oxygen atoms in total. The monoisotopic (exact) mass is 342 g/mol. The largest absolute Gasteiger partial charge is 0.465 e. The number of allylic oxidation sites excluding steroid dienone is 2. The van der Waals surface area contributed by atoms with E-state index in [9.17, 15) is 4.79 Å². The molecule has 106 valence electrons. The SMILES string of the molecule is O=C1/C(=C\c2ccc(Br)cc2)CCC/C1=C\c1ccco1. The number of halogens is 1. The van der Waals surface area contributed by atoms with Gasteiger partial charge in [0.25, 0.3) is 0 Å². The molecule has 0 amide bonds. The Morgan fingerprint density at radius 1 is 1.00 bits per heavy atom. The van der Waals surface area contributed by atoms with Crippen molar-refractivity contribution < 1.29 is 9.21 Å². The van der Waals surface area contributed by atoms with E-state index in [1.807, 2.05) is 48.6 Å². The smallest absolute Gasteiger partial charge is 0.185 e. The Balaban J connectivity index is 1.86. The number of rotatable bonds is 2. The second kappa shape index (κ2) is 6.27. The zero-order chi connectivity index (χ0) is 14.7. The molecule has 0 saturated heterocycles. The van der Waals surface area contributed by atoms with Crippen LogP contribution in [0, 0.1) is 0 Å². The van der Waals surface area contributed by atoms with Crippen molar-refractivity contribution in [3.8, 4) is 0 Å². The minimum absolute atomic E-state index is 0.139. The van der Waals surface area contributed by atoms with E-state index in [2.05, 4.69) is 15.9 Å². The fourth-order valence-electron chi connectivity index (χ4n) is 2.48. The maximum absolute atomic E-state index is 12.5. The maximum atomic E-state index is 12.5. The maximum Gasteiger partial charge on any atom is 0.185 e. The molecule has 1 aromatic carbocycles. The van der Waals surface area contributed by atoms with E-state index in [1.54, 1.807) is 6.26 Å². The predicted octanol–water partition coefficient (Wildman–Crippen LogP) is 5.26. The van der Waals surface area contributed by atoms with Crippen molar-refractivity contribution >= 4 is 33.9 Å². The van der Waals surface area contributed by atoms with E-state index >= 15 is 0 Å². The van der Waals surface area contributed by atoms with Crippen LogP contribution in [0.15, 0.2) is 62.7 Å². The van der Waals surface area contributed by atoms with Crippen LogP contribution in [0.25, 0.3) is 12.2 Å². The normalized spacial score (nSPS) is 19.4. The minimum Gasteiger partial charge on any atom is -0.465 e. The molecule has 1 aliphatic carbocycles. The summed E-state index contributed by atoms with van der Waals surface area (Å²) in [6.07, 6.45) is 8.13. The molecule has 0 aliphatic heterocycles. The number of carbonyl (C=O) groups excluding carboxylic acids is 1. The second-order valence-corrected chi connectivity index (χ2v) is 6.00. The van der Waals surface area contributed by atoms with Gasteiger partial charge in [-0.3, -0.25) is 4.79 Å².